The molecular formula is C25H28N2O3S. The zero-order valence-electron chi connectivity index (χ0n) is 18.2. The molecule has 0 saturated carbocycles. The molecule has 1 atom stereocenters. The fourth-order valence-electron chi connectivity index (χ4n) is 4.09. The largest absolute Gasteiger partial charge is 0.467 e. The van der Waals surface area contributed by atoms with Crippen molar-refractivity contribution in [1.29, 1.82) is 0 Å². The summed E-state index contributed by atoms with van der Waals surface area (Å²) in [5, 5.41) is 6.59. The third kappa shape index (κ3) is 4.74. The Morgan fingerprint density at radius 2 is 1.87 bits per heavy atom. The van der Waals surface area contributed by atoms with E-state index in [1.165, 1.54) is 4.88 Å². The summed E-state index contributed by atoms with van der Waals surface area (Å²) in [5.74, 6) is 0.869. The molecule has 5 nitrogen and oxygen atoms in total. The molecule has 0 aliphatic heterocycles. The first-order valence-corrected chi connectivity index (χ1v) is 11.5. The van der Waals surface area contributed by atoms with Crippen LogP contribution in [0.2, 0.25) is 0 Å². The maximum atomic E-state index is 13.2. The van der Waals surface area contributed by atoms with Gasteiger partial charge in [-0.2, -0.15) is 0 Å². The number of nitrogens with one attached hydrogen (secondary N) is 2. The van der Waals surface area contributed by atoms with Gasteiger partial charge in [-0.05, 0) is 60.4 Å². The summed E-state index contributed by atoms with van der Waals surface area (Å²) in [6.45, 7) is 7.12. The highest BCUT2D eigenvalue weighted by Crippen LogP contribution is 2.44. The Balaban J connectivity index is 1.63. The van der Waals surface area contributed by atoms with Gasteiger partial charge in [-0.3, -0.25) is 9.59 Å². The summed E-state index contributed by atoms with van der Waals surface area (Å²) >= 11 is 1.54. The topological polar surface area (TPSA) is 71.3 Å². The van der Waals surface area contributed by atoms with Crippen LogP contribution >= 0.6 is 11.3 Å². The quantitative estimate of drug-likeness (QED) is 0.541. The van der Waals surface area contributed by atoms with Gasteiger partial charge in [0.15, 0.2) is 0 Å². The molecular weight excluding hydrogens is 408 g/mol. The Morgan fingerprint density at radius 3 is 2.55 bits per heavy atom. The number of anilines is 1. The summed E-state index contributed by atoms with van der Waals surface area (Å²) in [6, 6.07) is 12.7. The number of amides is 2. The zero-order valence-corrected chi connectivity index (χ0v) is 19.0. The van der Waals surface area contributed by atoms with Crippen LogP contribution in [-0.2, 0) is 19.4 Å². The Morgan fingerprint density at radius 1 is 1.10 bits per heavy atom. The van der Waals surface area contributed by atoms with Crippen molar-refractivity contribution in [2.24, 2.45) is 11.3 Å². The lowest BCUT2D eigenvalue weighted by Gasteiger charge is -2.33. The van der Waals surface area contributed by atoms with Crippen LogP contribution in [0, 0.1) is 11.3 Å². The molecule has 31 heavy (non-hydrogen) atoms. The Bertz CT molecular complexity index is 1060. The molecule has 0 radical (unpaired) electrons. The van der Waals surface area contributed by atoms with Crippen molar-refractivity contribution < 1.29 is 14.0 Å². The maximum absolute atomic E-state index is 13.2. The number of fused-ring (bicyclic) bond motifs is 1. The molecule has 2 aromatic heterocycles. The van der Waals surface area contributed by atoms with E-state index < -0.39 is 0 Å². The molecule has 162 valence electrons. The number of rotatable bonds is 5. The summed E-state index contributed by atoms with van der Waals surface area (Å²) in [5.41, 5.74) is 2.45. The average Bonchev–Trinajstić information content (AvgIpc) is 3.39. The fourth-order valence-corrected chi connectivity index (χ4v) is 5.41. The molecule has 2 amide bonds. The Kier molecular flexibility index (Phi) is 6.01. The van der Waals surface area contributed by atoms with Crippen LogP contribution in [0.1, 0.15) is 64.1 Å². The molecule has 1 aromatic carbocycles. The van der Waals surface area contributed by atoms with Gasteiger partial charge in [-0.15, -0.1) is 11.3 Å². The standard InChI is InChI=1S/C25H28N2O3S/c1-25(2,3)17-11-12-19-20(14-17)31-24(27-22(28)16-8-5-4-6-9-16)21(19)23(29)26-15-18-10-7-13-30-18/h4-10,13,17H,11-12,14-15H2,1-3H3,(H,26,29)(H,27,28). The van der Waals surface area contributed by atoms with Crippen LogP contribution in [0.4, 0.5) is 5.00 Å². The molecule has 1 aliphatic rings. The number of carbonyl (C=O) groups excluding carboxylic acids is 2. The van der Waals surface area contributed by atoms with Gasteiger partial charge >= 0.3 is 0 Å². The predicted molar refractivity (Wildman–Crippen MR) is 124 cm³/mol. The van der Waals surface area contributed by atoms with Gasteiger partial charge in [0.2, 0.25) is 0 Å². The van der Waals surface area contributed by atoms with E-state index in [0.717, 1.165) is 24.8 Å². The third-order valence-electron chi connectivity index (χ3n) is 5.98. The summed E-state index contributed by atoms with van der Waals surface area (Å²) < 4.78 is 5.34. The van der Waals surface area contributed by atoms with Crippen molar-refractivity contribution in [3.63, 3.8) is 0 Å². The van der Waals surface area contributed by atoms with Crippen molar-refractivity contribution in [1.82, 2.24) is 5.32 Å². The first-order valence-electron chi connectivity index (χ1n) is 10.6. The van der Waals surface area contributed by atoms with Crippen molar-refractivity contribution in [2.45, 2.75) is 46.6 Å². The van der Waals surface area contributed by atoms with Crippen LogP contribution < -0.4 is 10.6 Å². The Hall–Kier alpha value is -2.86. The minimum Gasteiger partial charge on any atom is -0.467 e. The lowest BCUT2D eigenvalue weighted by molar-refractivity contribution is 0.0947. The molecule has 2 heterocycles. The van der Waals surface area contributed by atoms with Crippen molar-refractivity contribution in [3.05, 3.63) is 76.1 Å². The summed E-state index contributed by atoms with van der Waals surface area (Å²) in [4.78, 5) is 27.2. The molecule has 2 N–H and O–H groups in total. The van der Waals surface area contributed by atoms with Crippen LogP contribution in [0.15, 0.2) is 53.1 Å². The molecule has 4 rings (SSSR count). The van der Waals surface area contributed by atoms with Crippen LogP contribution in [-0.4, -0.2) is 11.8 Å². The van der Waals surface area contributed by atoms with Crippen molar-refractivity contribution in [2.75, 3.05) is 5.32 Å². The Labute approximate surface area is 186 Å². The minimum absolute atomic E-state index is 0.175. The highest BCUT2D eigenvalue weighted by Gasteiger charge is 2.34. The van der Waals surface area contributed by atoms with E-state index >= 15 is 0 Å². The van der Waals surface area contributed by atoms with Crippen LogP contribution in [0.3, 0.4) is 0 Å². The monoisotopic (exact) mass is 436 g/mol. The second-order valence-electron chi connectivity index (χ2n) is 9.10. The maximum Gasteiger partial charge on any atom is 0.256 e. The molecule has 1 aliphatic carbocycles. The number of benzene rings is 1. The van der Waals surface area contributed by atoms with Gasteiger partial charge in [0.1, 0.15) is 10.8 Å². The average molecular weight is 437 g/mol. The molecule has 0 saturated heterocycles. The third-order valence-corrected chi connectivity index (χ3v) is 7.15. The van der Waals surface area contributed by atoms with Gasteiger partial charge in [0.25, 0.3) is 11.8 Å². The highest BCUT2D eigenvalue weighted by molar-refractivity contribution is 7.17. The van der Waals surface area contributed by atoms with E-state index in [4.69, 9.17) is 4.42 Å². The van der Waals surface area contributed by atoms with Gasteiger partial charge in [-0.25, -0.2) is 0 Å². The van der Waals surface area contributed by atoms with E-state index in [9.17, 15) is 9.59 Å². The molecule has 6 heteroatoms. The first kappa shape index (κ1) is 21.4. The lowest BCUT2D eigenvalue weighted by atomic mass is 9.72. The van der Waals surface area contributed by atoms with Gasteiger partial charge in [-0.1, -0.05) is 39.0 Å². The minimum atomic E-state index is -0.202. The second-order valence-corrected chi connectivity index (χ2v) is 10.2. The van der Waals surface area contributed by atoms with E-state index in [1.807, 2.05) is 24.3 Å². The number of furan rings is 1. The van der Waals surface area contributed by atoms with Gasteiger partial charge < -0.3 is 15.1 Å². The molecule has 3 aromatic rings. The molecule has 1 unspecified atom stereocenters. The zero-order chi connectivity index (χ0) is 22.0. The molecule has 0 fully saturated rings. The predicted octanol–water partition coefficient (Wildman–Crippen LogP) is 5.67. The van der Waals surface area contributed by atoms with E-state index in [0.29, 0.717) is 34.4 Å². The lowest BCUT2D eigenvalue weighted by Crippen LogP contribution is -2.28. The fraction of sp³-hybridized carbons (Fsp3) is 0.360. The molecule has 0 bridgehead atoms. The van der Waals surface area contributed by atoms with Crippen molar-refractivity contribution in [3.8, 4) is 0 Å². The molecule has 0 spiro atoms. The van der Waals surface area contributed by atoms with Gasteiger partial charge in [0.05, 0.1) is 18.4 Å². The number of carbonyl (C=O) groups is 2. The number of thiophene rings is 1. The van der Waals surface area contributed by atoms with E-state index in [1.54, 1.807) is 35.8 Å². The van der Waals surface area contributed by atoms with E-state index in [-0.39, 0.29) is 17.2 Å². The smallest absolute Gasteiger partial charge is 0.256 e. The van der Waals surface area contributed by atoms with Crippen LogP contribution in [0.25, 0.3) is 0 Å². The highest BCUT2D eigenvalue weighted by atomic mass is 32.1. The normalized spacial score (nSPS) is 15.9. The first-order chi connectivity index (χ1) is 14.8. The van der Waals surface area contributed by atoms with Crippen LogP contribution in [0.5, 0.6) is 0 Å². The number of hydrogen-bond acceptors (Lipinski definition) is 4. The second kappa shape index (κ2) is 8.71. The summed E-state index contributed by atoms with van der Waals surface area (Å²) in [7, 11) is 0. The van der Waals surface area contributed by atoms with Crippen molar-refractivity contribution >= 4 is 28.2 Å². The number of hydrogen-bond donors (Lipinski definition) is 2. The van der Waals surface area contributed by atoms with E-state index in [2.05, 4.69) is 31.4 Å². The SMILES string of the molecule is CC(C)(C)C1CCc2c(sc(NC(=O)c3ccccc3)c2C(=O)NCc2ccco2)C1. The summed E-state index contributed by atoms with van der Waals surface area (Å²) in [6.07, 6.45) is 4.41. The van der Waals surface area contributed by atoms with Gasteiger partial charge in [0, 0.05) is 10.4 Å².